The van der Waals surface area contributed by atoms with E-state index in [1.165, 1.54) is 29.8 Å². The number of halogens is 1. The summed E-state index contributed by atoms with van der Waals surface area (Å²) in [7, 11) is 1.39. The lowest BCUT2D eigenvalue weighted by Crippen LogP contribution is -2.40. The number of hydrogen-bond donors (Lipinski definition) is 2. The number of nitrogens with two attached hydrogens (primary N) is 1. The number of nitrogen functional groups attached to an aromatic ring is 1. The molecule has 0 bridgehead atoms. The number of carbonyl (C=O) groups is 1. The Morgan fingerprint density at radius 3 is 2.46 bits per heavy atom. The maximum absolute atomic E-state index is 13.3. The molecular weight excluding hydrogens is 363 g/mol. The highest BCUT2D eigenvalue weighted by Crippen LogP contribution is 2.17. The summed E-state index contributed by atoms with van der Waals surface area (Å²) in [5, 5.41) is 0. The van der Waals surface area contributed by atoms with Gasteiger partial charge in [-0.25, -0.2) is 9.18 Å². The zero-order chi connectivity index (χ0) is 20.3. The molecule has 0 radical (unpaired) electrons. The number of aromatic nitrogens is 2. The molecule has 3 rings (SSSR count). The molecule has 8 heteroatoms. The summed E-state index contributed by atoms with van der Waals surface area (Å²) >= 11 is 0. The maximum Gasteiger partial charge on any atom is 0.330 e. The molecule has 144 valence electrons. The van der Waals surface area contributed by atoms with Crippen LogP contribution in [0.3, 0.4) is 0 Å². The van der Waals surface area contributed by atoms with Gasteiger partial charge in [-0.1, -0.05) is 42.5 Å². The van der Waals surface area contributed by atoms with Gasteiger partial charge in [-0.3, -0.25) is 19.1 Å². The lowest BCUT2D eigenvalue weighted by molar-refractivity contribution is -0.117. The van der Waals surface area contributed by atoms with E-state index in [1.807, 2.05) is 30.3 Å². The molecule has 0 unspecified atom stereocenters. The monoisotopic (exact) mass is 382 g/mol. The van der Waals surface area contributed by atoms with Gasteiger partial charge in [-0.2, -0.15) is 0 Å². The summed E-state index contributed by atoms with van der Waals surface area (Å²) < 4.78 is 14.5. The Balaban J connectivity index is 1.94. The van der Waals surface area contributed by atoms with Gasteiger partial charge in [0.2, 0.25) is 5.91 Å². The number of benzene rings is 2. The van der Waals surface area contributed by atoms with Gasteiger partial charge in [0.1, 0.15) is 11.6 Å². The average molecular weight is 382 g/mol. The van der Waals surface area contributed by atoms with Gasteiger partial charge >= 0.3 is 5.69 Å². The van der Waals surface area contributed by atoms with Gasteiger partial charge in [0.05, 0.1) is 13.0 Å². The van der Waals surface area contributed by atoms with E-state index in [0.29, 0.717) is 5.56 Å². The predicted octanol–water partition coefficient (Wildman–Crippen LogP) is 1.51. The molecule has 1 heterocycles. The number of likely N-dealkylation sites (N-methyl/N-ethyl adjacent to an activating group) is 1. The van der Waals surface area contributed by atoms with Gasteiger partial charge in [0, 0.05) is 7.05 Å². The molecule has 0 atom stereocenters. The van der Waals surface area contributed by atoms with Crippen LogP contribution < -0.4 is 21.9 Å². The molecule has 3 aromatic rings. The van der Waals surface area contributed by atoms with E-state index < -0.39 is 23.0 Å². The van der Waals surface area contributed by atoms with Crippen molar-refractivity contribution >= 4 is 17.4 Å². The van der Waals surface area contributed by atoms with Crippen molar-refractivity contribution in [2.24, 2.45) is 0 Å². The molecule has 0 aliphatic rings. The summed E-state index contributed by atoms with van der Waals surface area (Å²) in [6.45, 7) is 0.140. The van der Waals surface area contributed by atoms with Crippen LogP contribution in [0.5, 0.6) is 0 Å². The Morgan fingerprint density at radius 2 is 1.79 bits per heavy atom. The SMILES string of the molecule is CN(C(=O)Cc1cccc(F)c1)c1c(N)n(Cc2ccccc2)c(=O)[nH]c1=O. The number of hydrogen-bond acceptors (Lipinski definition) is 4. The molecule has 0 saturated heterocycles. The smallest absolute Gasteiger partial charge is 0.330 e. The first-order chi connectivity index (χ1) is 13.4. The van der Waals surface area contributed by atoms with E-state index in [0.717, 1.165) is 10.5 Å². The second-order valence-electron chi connectivity index (χ2n) is 6.32. The second-order valence-corrected chi connectivity index (χ2v) is 6.32. The number of carbonyl (C=O) groups excluding carboxylic acids is 1. The molecule has 3 N–H and O–H groups in total. The van der Waals surface area contributed by atoms with Gasteiger partial charge < -0.3 is 10.6 Å². The molecular formula is C20H19FN4O3. The van der Waals surface area contributed by atoms with Crippen molar-refractivity contribution < 1.29 is 9.18 Å². The highest BCUT2D eigenvalue weighted by atomic mass is 19.1. The Labute approximate surface area is 159 Å². The second kappa shape index (κ2) is 7.91. The fourth-order valence-corrected chi connectivity index (χ4v) is 2.89. The summed E-state index contributed by atoms with van der Waals surface area (Å²) in [6.07, 6.45) is -0.120. The van der Waals surface area contributed by atoms with Gasteiger partial charge in [0.15, 0.2) is 5.69 Å². The Kier molecular flexibility index (Phi) is 5.39. The largest absolute Gasteiger partial charge is 0.383 e. The molecule has 1 amide bonds. The number of aromatic amines is 1. The van der Waals surface area contributed by atoms with Crippen molar-refractivity contribution in [2.75, 3.05) is 17.7 Å². The van der Waals surface area contributed by atoms with Crippen LogP contribution in [0.4, 0.5) is 15.9 Å². The van der Waals surface area contributed by atoms with Crippen LogP contribution in [0.2, 0.25) is 0 Å². The number of amides is 1. The van der Waals surface area contributed by atoms with Crippen molar-refractivity contribution in [3.05, 3.63) is 92.4 Å². The first-order valence-electron chi connectivity index (χ1n) is 8.54. The molecule has 0 fully saturated rings. The van der Waals surface area contributed by atoms with Crippen LogP contribution >= 0.6 is 0 Å². The van der Waals surface area contributed by atoms with Crippen LogP contribution in [0.25, 0.3) is 0 Å². The highest BCUT2D eigenvalue weighted by molar-refractivity contribution is 5.96. The van der Waals surface area contributed by atoms with Crippen LogP contribution in [0.15, 0.2) is 64.2 Å². The predicted molar refractivity (Wildman–Crippen MR) is 105 cm³/mol. The molecule has 2 aromatic carbocycles. The zero-order valence-corrected chi connectivity index (χ0v) is 15.2. The fourth-order valence-electron chi connectivity index (χ4n) is 2.89. The number of nitrogens with zero attached hydrogens (tertiary/aromatic N) is 2. The Bertz CT molecular complexity index is 1120. The normalized spacial score (nSPS) is 10.6. The number of H-pyrrole nitrogens is 1. The first kappa shape index (κ1) is 19.1. The Hall–Kier alpha value is -3.68. The van der Waals surface area contributed by atoms with Gasteiger partial charge in [0.25, 0.3) is 5.56 Å². The summed E-state index contributed by atoms with van der Waals surface area (Å²) in [4.78, 5) is 40.4. The molecule has 0 spiro atoms. The van der Waals surface area contributed by atoms with Crippen molar-refractivity contribution in [2.45, 2.75) is 13.0 Å². The summed E-state index contributed by atoms with van der Waals surface area (Å²) in [6, 6.07) is 14.7. The van der Waals surface area contributed by atoms with E-state index in [-0.39, 0.29) is 24.5 Å². The molecule has 1 aromatic heterocycles. The molecule has 0 aliphatic carbocycles. The van der Waals surface area contributed by atoms with Crippen molar-refractivity contribution in [3.63, 3.8) is 0 Å². The Morgan fingerprint density at radius 1 is 1.11 bits per heavy atom. The molecule has 7 nitrogen and oxygen atoms in total. The van der Waals surface area contributed by atoms with Crippen LogP contribution in [0, 0.1) is 5.82 Å². The lowest BCUT2D eigenvalue weighted by Gasteiger charge is -2.20. The molecule has 28 heavy (non-hydrogen) atoms. The highest BCUT2D eigenvalue weighted by Gasteiger charge is 2.21. The van der Waals surface area contributed by atoms with Crippen molar-refractivity contribution in [3.8, 4) is 0 Å². The quantitative estimate of drug-likeness (QED) is 0.698. The van der Waals surface area contributed by atoms with E-state index in [1.54, 1.807) is 6.07 Å². The minimum atomic E-state index is -0.762. The summed E-state index contributed by atoms with van der Waals surface area (Å²) in [5.74, 6) is -1.04. The van der Waals surface area contributed by atoms with Crippen LogP contribution in [0.1, 0.15) is 11.1 Å². The van der Waals surface area contributed by atoms with E-state index in [4.69, 9.17) is 5.73 Å². The summed E-state index contributed by atoms with van der Waals surface area (Å²) in [5.41, 5.74) is 5.79. The van der Waals surface area contributed by atoms with E-state index in [2.05, 4.69) is 4.98 Å². The van der Waals surface area contributed by atoms with Gasteiger partial charge in [-0.15, -0.1) is 0 Å². The molecule has 0 aliphatic heterocycles. The molecule has 0 saturated carbocycles. The fraction of sp³-hybridized carbons (Fsp3) is 0.150. The minimum Gasteiger partial charge on any atom is -0.383 e. The van der Waals surface area contributed by atoms with Crippen LogP contribution in [-0.2, 0) is 17.8 Å². The number of nitrogens with one attached hydrogen (secondary N) is 1. The van der Waals surface area contributed by atoms with Crippen molar-refractivity contribution in [1.29, 1.82) is 0 Å². The minimum absolute atomic E-state index is 0.118. The first-order valence-corrected chi connectivity index (χ1v) is 8.54. The topological polar surface area (TPSA) is 101 Å². The maximum atomic E-state index is 13.3. The van der Waals surface area contributed by atoms with Crippen LogP contribution in [-0.4, -0.2) is 22.5 Å². The van der Waals surface area contributed by atoms with Crippen molar-refractivity contribution in [1.82, 2.24) is 9.55 Å². The average Bonchev–Trinajstić information content (AvgIpc) is 2.65. The third-order valence-electron chi connectivity index (χ3n) is 4.35. The third kappa shape index (κ3) is 4.01. The zero-order valence-electron chi connectivity index (χ0n) is 15.2. The number of rotatable bonds is 5. The van der Waals surface area contributed by atoms with E-state index >= 15 is 0 Å². The van der Waals surface area contributed by atoms with E-state index in [9.17, 15) is 18.8 Å². The number of anilines is 2. The standard InChI is InChI=1S/C20H19FN4O3/c1-24(16(26)11-14-8-5-9-15(21)10-14)17-18(22)25(20(28)23-19(17)27)12-13-6-3-2-4-7-13/h2-10H,11-12,22H2,1H3,(H,23,27,28). The third-order valence-corrected chi connectivity index (χ3v) is 4.35. The lowest BCUT2D eigenvalue weighted by atomic mass is 10.1. The van der Waals surface area contributed by atoms with Gasteiger partial charge in [-0.05, 0) is 23.3 Å².